The zero-order valence-electron chi connectivity index (χ0n) is 16.4. The average Bonchev–Trinajstić information content (AvgIpc) is 3.13. The molecule has 164 valence electrons. The average molecular weight is 435 g/mol. The molecular weight excluding hydrogens is 415 g/mol. The lowest BCUT2D eigenvalue weighted by molar-refractivity contribution is -0.173. The predicted octanol–water partition coefficient (Wildman–Crippen LogP) is 3.19. The maximum atomic E-state index is 12.2. The Kier molecular flexibility index (Phi) is 5.99. The number of aromatic nitrogens is 2. The van der Waals surface area contributed by atoms with E-state index in [9.17, 15) is 18.0 Å². The first kappa shape index (κ1) is 21.0. The summed E-state index contributed by atoms with van der Waals surface area (Å²) in [6.07, 6.45) is -2.78. The third-order valence-corrected chi connectivity index (χ3v) is 4.57. The third kappa shape index (κ3) is 5.46. The second-order valence-corrected chi connectivity index (χ2v) is 7.05. The number of amides is 1. The van der Waals surface area contributed by atoms with E-state index >= 15 is 0 Å². The highest BCUT2D eigenvalue weighted by Crippen LogP contribution is 2.31. The summed E-state index contributed by atoms with van der Waals surface area (Å²) in [5, 5.41) is 7.79. The molecule has 0 saturated carbocycles. The van der Waals surface area contributed by atoms with Gasteiger partial charge in [-0.05, 0) is 30.3 Å². The molecule has 2 aromatic carbocycles. The van der Waals surface area contributed by atoms with Gasteiger partial charge in [-0.15, -0.1) is 0 Å². The lowest BCUT2D eigenvalue weighted by Gasteiger charge is -2.26. The molecule has 31 heavy (non-hydrogen) atoms. The number of nitrogens with zero attached hydrogens (tertiary/aromatic N) is 2. The van der Waals surface area contributed by atoms with Gasteiger partial charge in [0.05, 0.1) is 18.7 Å². The van der Waals surface area contributed by atoms with Crippen molar-refractivity contribution in [3.8, 4) is 11.5 Å². The van der Waals surface area contributed by atoms with Crippen LogP contribution in [0.4, 0.5) is 13.2 Å². The first-order valence-corrected chi connectivity index (χ1v) is 9.66. The summed E-state index contributed by atoms with van der Waals surface area (Å²) < 4.78 is 54.0. The van der Waals surface area contributed by atoms with Crippen LogP contribution >= 0.6 is 0 Å². The maximum Gasteiger partial charge on any atom is 0.411 e. The minimum Gasteiger partial charge on any atom is -0.486 e. The number of ether oxygens (including phenoxy) is 3. The Labute approximate surface area is 175 Å². The zero-order chi connectivity index (χ0) is 21.8. The van der Waals surface area contributed by atoms with Crippen molar-refractivity contribution in [1.29, 1.82) is 0 Å². The van der Waals surface area contributed by atoms with Crippen molar-refractivity contribution in [1.82, 2.24) is 15.1 Å². The van der Waals surface area contributed by atoms with Crippen molar-refractivity contribution >= 4 is 16.8 Å². The molecule has 7 nitrogen and oxygen atoms in total. The van der Waals surface area contributed by atoms with Gasteiger partial charge >= 0.3 is 6.18 Å². The van der Waals surface area contributed by atoms with Gasteiger partial charge < -0.3 is 19.5 Å². The van der Waals surface area contributed by atoms with Gasteiger partial charge in [0.1, 0.15) is 13.2 Å². The minimum absolute atomic E-state index is 0.0211. The Morgan fingerprint density at radius 2 is 2.03 bits per heavy atom. The zero-order valence-corrected chi connectivity index (χ0v) is 16.4. The highest BCUT2D eigenvalue weighted by molar-refractivity contribution is 5.97. The summed E-state index contributed by atoms with van der Waals surface area (Å²) in [5.41, 5.74) is 1.09. The number of alkyl halides is 3. The van der Waals surface area contributed by atoms with E-state index in [1.807, 2.05) is 30.5 Å². The molecule has 0 spiro atoms. The van der Waals surface area contributed by atoms with Gasteiger partial charge in [-0.25, -0.2) is 0 Å². The summed E-state index contributed by atoms with van der Waals surface area (Å²) >= 11 is 0. The van der Waals surface area contributed by atoms with E-state index in [0.717, 1.165) is 5.39 Å². The fourth-order valence-corrected chi connectivity index (χ4v) is 3.20. The highest BCUT2D eigenvalue weighted by atomic mass is 19.4. The molecular formula is C21H20F3N3O4. The monoisotopic (exact) mass is 435 g/mol. The van der Waals surface area contributed by atoms with E-state index in [1.54, 1.807) is 22.9 Å². The third-order valence-electron chi connectivity index (χ3n) is 4.57. The number of rotatable bonds is 7. The number of carbonyl (C=O) groups excluding carboxylic acids is 1. The van der Waals surface area contributed by atoms with E-state index in [4.69, 9.17) is 9.47 Å². The van der Waals surface area contributed by atoms with Gasteiger partial charge in [0.15, 0.2) is 17.6 Å². The second-order valence-electron chi connectivity index (χ2n) is 7.05. The van der Waals surface area contributed by atoms with Crippen LogP contribution in [0.1, 0.15) is 10.4 Å². The van der Waals surface area contributed by atoms with Crippen molar-refractivity contribution < 1.29 is 32.2 Å². The number of nitrogens with one attached hydrogen (secondary N) is 1. The van der Waals surface area contributed by atoms with Gasteiger partial charge in [-0.3, -0.25) is 9.48 Å². The molecule has 0 bridgehead atoms. The molecule has 0 fully saturated rings. The SMILES string of the molecule is O=C(NCCOCC(F)(F)F)c1ccc2nn(CC3COc4ccccc4O3)cc2c1. The molecule has 10 heteroatoms. The van der Waals surface area contributed by atoms with E-state index < -0.39 is 18.7 Å². The normalized spacial score (nSPS) is 15.8. The molecule has 0 saturated heterocycles. The smallest absolute Gasteiger partial charge is 0.411 e. The molecule has 2 heterocycles. The van der Waals surface area contributed by atoms with Crippen LogP contribution < -0.4 is 14.8 Å². The quantitative estimate of drug-likeness (QED) is 0.577. The van der Waals surface area contributed by atoms with Crippen LogP contribution in [0.15, 0.2) is 48.7 Å². The topological polar surface area (TPSA) is 74.6 Å². The fraction of sp³-hybridized carbons (Fsp3) is 0.333. The Morgan fingerprint density at radius 1 is 1.23 bits per heavy atom. The van der Waals surface area contributed by atoms with Crippen molar-refractivity contribution in [2.24, 2.45) is 0 Å². The number of hydrogen-bond donors (Lipinski definition) is 1. The Hall–Kier alpha value is -3.27. The number of para-hydroxylation sites is 2. The van der Waals surface area contributed by atoms with E-state index in [0.29, 0.717) is 35.7 Å². The van der Waals surface area contributed by atoms with Crippen molar-refractivity contribution in [2.45, 2.75) is 18.8 Å². The molecule has 1 amide bonds. The van der Waals surface area contributed by atoms with Gasteiger partial charge in [0, 0.05) is 23.7 Å². The van der Waals surface area contributed by atoms with Crippen molar-refractivity contribution in [2.75, 3.05) is 26.4 Å². The van der Waals surface area contributed by atoms with Crippen molar-refractivity contribution in [3.63, 3.8) is 0 Å². The number of fused-ring (bicyclic) bond motifs is 2. The lowest BCUT2D eigenvalue weighted by atomic mass is 10.1. The highest BCUT2D eigenvalue weighted by Gasteiger charge is 2.27. The Morgan fingerprint density at radius 3 is 2.84 bits per heavy atom. The van der Waals surface area contributed by atoms with Crippen LogP contribution in [-0.4, -0.2) is 54.3 Å². The molecule has 1 unspecified atom stereocenters. The second kappa shape index (κ2) is 8.84. The van der Waals surface area contributed by atoms with Crippen LogP contribution in [0.3, 0.4) is 0 Å². The molecule has 1 aromatic heterocycles. The Balaban J connectivity index is 1.33. The lowest BCUT2D eigenvalue weighted by Crippen LogP contribution is -2.33. The van der Waals surface area contributed by atoms with Crippen LogP contribution in [0.5, 0.6) is 11.5 Å². The van der Waals surface area contributed by atoms with Crippen molar-refractivity contribution in [3.05, 3.63) is 54.2 Å². The summed E-state index contributed by atoms with van der Waals surface area (Å²) in [6, 6.07) is 12.5. The minimum atomic E-state index is -4.38. The summed E-state index contributed by atoms with van der Waals surface area (Å²) in [7, 11) is 0. The summed E-state index contributed by atoms with van der Waals surface area (Å²) in [6.45, 7) is -0.710. The number of hydrogen-bond acceptors (Lipinski definition) is 5. The van der Waals surface area contributed by atoms with Gasteiger partial charge in [0.2, 0.25) is 0 Å². The predicted molar refractivity (Wildman–Crippen MR) is 105 cm³/mol. The number of halogens is 3. The molecule has 0 aliphatic carbocycles. The first-order chi connectivity index (χ1) is 14.9. The molecule has 1 aliphatic rings. The standard InChI is InChI=1S/C21H20F3N3O4/c22-21(23,24)13-29-8-7-25-20(28)14-5-6-17-15(9-14)10-27(26-17)11-16-12-30-18-3-1-2-4-19(18)31-16/h1-6,9-10,16H,7-8,11-13H2,(H,25,28). The number of carbonyl (C=O) groups is 1. The summed E-state index contributed by atoms with van der Waals surface area (Å²) in [4.78, 5) is 12.2. The van der Waals surface area contributed by atoms with E-state index in [-0.39, 0.29) is 19.3 Å². The first-order valence-electron chi connectivity index (χ1n) is 9.66. The summed E-state index contributed by atoms with van der Waals surface area (Å²) in [5.74, 6) is 1.00. The van der Waals surface area contributed by atoms with Crippen LogP contribution in [0.2, 0.25) is 0 Å². The molecule has 1 aliphatic heterocycles. The van der Waals surface area contributed by atoms with E-state index in [2.05, 4.69) is 15.2 Å². The molecule has 4 rings (SSSR count). The number of benzene rings is 2. The maximum absolute atomic E-state index is 12.2. The van der Waals surface area contributed by atoms with E-state index in [1.165, 1.54) is 0 Å². The van der Waals surface area contributed by atoms with Gasteiger partial charge in [0.25, 0.3) is 5.91 Å². The fourth-order valence-electron chi connectivity index (χ4n) is 3.20. The van der Waals surface area contributed by atoms with Crippen LogP contribution in [0.25, 0.3) is 10.9 Å². The molecule has 0 radical (unpaired) electrons. The Bertz CT molecular complexity index is 1070. The van der Waals surface area contributed by atoms with Gasteiger partial charge in [-0.1, -0.05) is 12.1 Å². The molecule has 1 N–H and O–H groups in total. The molecule has 1 atom stereocenters. The molecule has 3 aromatic rings. The van der Waals surface area contributed by atoms with Crippen LogP contribution in [-0.2, 0) is 11.3 Å². The van der Waals surface area contributed by atoms with Gasteiger partial charge in [-0.2, -0.15) is 18.3 Å². The van der Waals surface area contributed by atoms with Crippen LogP contribution in [0, 0.1) is 0 Å². The largest absolute Gasteiger partial charge is 0.486 e.